The number of fused-ring (bicyclic) bond motifs is 3. The minimum Gasteiger partial charge on any atom is -0.366 e. The summed E-state index contributed by atoms with van der Waals surface area (Å²) >= 11 is 3.92. The third-order valence-corrected chi connectivity index (χ3v) is 6.61. The Labute approximate surface area is 201 Å². The summed E-state index contributed by atoms with van der Waals surface area (Å²) < 4.78 is 0.864. The second kappa shape index (κ2) is 8.64. The molecule has 1 aliphatic rings. The van der Waals surface area contributed by atoms with Gasteiger partial charge in [-0.15, -0.1) is 0 Å². The number of halogens is 1. The highest BCUT2D eigenvalue weighted by atomic mass is 79.9. The predicted octanol–water partition coefficient (Wildman–Crippen LogP) is 7.05. The number of nitrogens with zero attached hydrogens (tertiary/aromatic N) is 1. The highest BCUT2D eigenvalue weighted by Crippen LogP contribution is 2.47. The van der Waals surface area contributed by atoms with E-state index >= 15 is 0 Å². The molecule has 0 aromatic heterocycles. The van der Waals surface area contributed by atoms with Crippen LogP contribution < -0.4 is 5.73 Å². The van der Waals surface area contributed by atoms with Crippen molar-refractivity contribution in [1.29, 1.82) is 0 Å². The molecule has 33 heavy (non-hydrogen) atoms. The van der Waals surface area contributed by atoms with Crippen molar-refractivity contribution >= 4 is 38.8 Å². The molecule has 0 atom stereocenters. The van der Waals surface area contributed by atoms with Crippen molar-refractivity contribution in [3.05, 3.63) is 129 Å². The first-order chi connectivity index (χ1) is 16.0. The number of hydrogen-bond acceptors (Lipinski definition) is 2. The van der Waals surface area contributed by atoms with Gasteiger partial charge in [0.15, 0.2) is 0 Å². The van der Waals surface area contributed by atoms with Crippen molar-refractivity contribution in [1.82, 2.24) is 0 Å². The van der Waals surface area contributed by atoms with Crippen LogP contribution in [0.4, 0.5) is 5.69 Å². The van der Waals surface area contributed by atoms with E-state index in [1.807, 2.05) is 12.1 Å². The van der Waals surface area contributed by atoms with E-state index in [-0.39, 0.29) is 0 Å². The van der Waals surface area contributed by atoms with Gasteiger partial charge in [0.25, 0.3) is 5.91 Å². The van der Waals surface area contributed by atoms with Crippen molar-refractivity contribution < 1.29 is 4.79 Å². The zero-order chi connectivity index (χ0) is 22.9. The van der Waals surface area contributed by atoms with E-state index in [0.29, 0.717) is 11.3 Å². The average Bonchev–Trinajstić information content (AvgIpc) is 3.17. The third kappa shape index (κ3) is 3.83. The van der Waals surface area contributed by atoms with Gasteiger partial charge in [-0.2, -0.15) is 0 Å². The average molecular weight is 493 g/mol. The first-order valence-electron chi connectivity index (χ1n) is 10.7. The number of allylic oxidation sites excluding steroid dienone is 1. The van der Waals surface area contributed by atoms with Crippen LogP contribution in [0, 0.1) is 6.92 Å². The van der Waals surface area contributed by atoms with Gasteiger partial charge in [0.05, 0.1) is 21.4 Å². The number of aliphatic imine (C=N–C) groups is 1. The lowest BCUT2D eigenvalue weighted by Gasteiger charge is -2.13. The number of para-hydroxylation sites is 1. The topological polar surface area (TPSA) is 55.4 Å². The fraction of sp³-hybridized carbons (Fsp3) is 0.0345. The van der Waals surface area contributed by atoms with Crippen LogP contribution in [0.2, 0.25) is 0 Å². The van der Waals surface area contributed by atoms with Gasteiger partial charge in [0.2, 0.25) is 0 Å². The van der Waals surface area contributed by atoms with Crippen molar-refractivity contribution in [3.8, 4) is 11.1 Å². The summed E-state index contributed by atoms with van der Waals surface area (Å²) in [5, 5.41) is 0. The molecule has 0 spiro atoms. The number of rotatable bonds is 4. The molecule has 1 aliphatic carbocycles. The maximum atomic E-state index is 12.1. The van der Waals surface area contributed by atoms with Crippen LogP contribution in [0.5, 0.6) is 0 Å². The Morgan fingerprint density at radius 1 is 0.727 bits per heavy atom. The summed E-state index contributed by atoms with van der Waals surface area (Å²) in [6.45, 7) is 2.06. The summed E-state index contributed by atoms with van der Waals surface area (Å²) in [7, 11) is 0. The molecule has 0 saturated heterocycles. The molecule has 4 heteroatoms. The maximum absolute atomic E-state index is 12.1. The van der Waals surface area contributed by atoms with Crippen molar-refractivity contribution in [2.45, 2.75) is 6.92 Å². The maximum Gasteiger partial charge on any atom is 0.250 e. The molecule has 2 N–H and O–H groups in total. The van der Waals surface area contributed by atoms with Gasteiger partial charge in [-0.1, -0.05) is 90.5 Å². The standard InChI is InChI=1S/C29H21BrN2O/c1-18-14-16-19(17-15-18)28(32-25-13-7-6-12-24(25)29(31)33)27(30)26-22-10-4-2-8-20(22)21-9-3-5-11-23(21)26/h2-17H,1H3,(H2,31,33). The van der Waals surface area contributed by atoms with Crippen LogP contribution in [-0.2, 0) is 0 Å². The molecule has 0 saturated carbocycles. The van der Waals surface area contributed by atoms with E-state index in [9.17, 15) is 4.79 Å². The van der Waals surface area contributed by atoms with Crippen LogP contribution in [0.15, 0.2) is 107 Å². The molecule has 0 unspecified atom stereocenters. The fourth-order valence-electron chi connectivity index (χ4n) is 4.22. The van der Waals surface area contributed by atoms with Gasteiger partial charge in [0, 0.05) is 11.1 Å². The number of amides is 1. The Hall–Kier alpha value is -3.76. The molecule has 0 radical (unpaired) electrons. The number of aryl methyl sites for hydroxylation is 1. The number of hydrogen-bond donors (Lipinski definition) is 1. The van der Waals surface area contributed by atoms with E-state index in [2.05, 4.69) is 95.7 Å². The quantitative estimate of drug-likeness (QED) is 0.268. The Kier molecular flexibility index (Phi) is 5.53. The number of nitrogens with two attached hydrogens (primary N) is 1. The lowest BCUT2D eigenvalue weighted by atomic mass is 9.99. The van der Waals surface area contributed by atoms with E-state index in [4.69, 9.17) is 10.7 Å². The summed E-state index contributed by atoms with van der Waals surface area (Å²) in [5.41, 5.74) is 15.2. The Morgan fingerprint density at radius 2 is 1.24 bits per heavy atom. The molecule has 4 aromatic carbocycles. The molecule has 5 rings (SSSR count). The Balaban J connectivity index is 1.81. The largest absolute Gasteiger partial charge is 0.366 e. The van der Waals surface area contributed by atoms with Gasteiger partial charge in [-0.25, -0.2) is 4.99 Å². The summed E-state index contributed by atoms with van der Waals surface area (Å²) in [4.78, 5) is 17.0. The van der Waals surface area contributed by atoms with Crippen molar-refractivity contribution in [2.24, 2.45) is 10.7 Å². The van der Waals surface area contributed by atoms with E-state index in [1.165, 1.54) is 11.1 Å². The highest BCUT2D eigenvalue weighted by molar-refractivity contribution is 9.12. The number of benzene rings is 4. The van der Waals surface area contributed by atoms with Gasteiger partial charge in [-0.3, -0.25) is 4.79 Å². The van der Waals surface area contributed by atoms with E-state index in [1.54, 1.807) is 12.1 Å². The molecule has 4 aromatic rings. The van der Waals surface area contributed by atoms with Crippen LogP contribution in [0.1, 0.15) is 32.6 Å². The van der Waals surface area contributed by atoms with E-state index in [0.717, 1.165) is 38.0 Å². The molecular weight excluding hydrogens is 472 g/mol. The predicted molar refractivity (Wildman–Crippen MR) is 139 cm³/mol. The zero-order valence-corrected chi connectivity index (χ0v) is 19.6. The number of primary amides is 1. The second-order valence-electron chi connectivity index (χ2n) is 7.99. The SMILES string of the molecule is Cc1ccc(C(=Nc2ccccc2C(N)=O)C(Br)=C2c3ccccc3-c3ccccc32)cc1. The van der Waals surface area contributed by atoms with Gasteiger partial charge in [0.1, 0.15) is 0 Å². The molecule has 0 heterocycles. The first kappa shape index (κ1) is 21.1. The molecule has 3 nitrogen and oxygen atoms in total. The van der Waals surface area contributed by atoms with Gasteiger partial charge in [-0.05, 0) is 57.2 Å². The summed E-state index contributed by atoms with van der Waals surface area (Å²) in [6.07, 6.45) is 0. The van der Waals surface area contributed by atoms with Crippen LogP contribution in [0.25, 0.3) is 16.7 Å². The second-order valence-corrected chi connectivity index (χ2v) is 8.78. The number of carbonyl (C=O) groups is 1. The molecule has 0 bridgehead atoms. The Bertz CT molecular complexity index is 1400. The molecular formula is C29H21BrN2O. The number of carbonyl (C=O) groups excluding carboxylic acids is 1. The highest BCUT2D eigenvalue weighted by Gasteiger charge is 2.27. The zero-order valence-electron chi connectivity index (χ0n) is 18.0. The van der Waals surface area contributed by atoms with Crippen LogP contribution >= 0.6 is 15.9 Å². The molecule has 160 valence electrons. The lowest BCUT2D eigenvalue weighted by molar-refractivity contribution is 0.100. The van der Waals surface area contributed by atoms with Gasteiger partial charge >= 0.3 is 0 Å². The van der Waals surface area contributed by atoms with Crippen molar-refractivity contribution in [2.75, 3.05) is 0 Å². The lowest BCUT2D eigenvalue weighted by Crippen LogP contribution is -2.11. The normalized spacial score (nSPS) is 12.3. The third-order valence-electron chi connectivity index (χ3n) is 5.84. The smallest absolute Gasteiger partial charge is 0.250 e. The van der Waals surface area contributed by atoms with E-state index < -0.39 is 5.91 Å². The summed E-state index contributed by atoms with van der Waals surface area (Å²) in [6, 6.07) is 32.2. The molecule has 1 amide bonds. The monoisotopic (exact) mass is 492 g/mol. The van der Waals surface area contributed by atoms with Crippen LogP contribution in [-0.4, -0.2) is 11.6 Å². The Morgan fingerprint density at radius 3 is 1.82 bits per heavy atom. The van der Waals surface area contributed by atoms with Gasteiger partial charge < -0.3 is 5.73 Å². The summed E-state index contributed by atoms with van der Waals surface area (Å²) in [5.74, 6) is -0.502. The van der Waals surface area contributed by atoms with Crippen LogP contribution in [0.3, 0.4) is 0 Å². The fourth-order valence-corrected chi connectivity index (χ4v) is 4.97. The van der Waals surface area contributed by atoms with Crippen molar-refractivity contribution in [3.63, 3.8) is 0 Å². The molecule has 0 aliphatic heterocycles. The first-order valence-corrected chi connectivity index (χ1v) is 11.5. The minimum atomic E-state index is -0.502. The minimum absolute atomic E-state index is 0.389. The molecule has 0 fully saturated rings.